The molecule has 1 aliphatic rings. The lowest BCUT2D eigenvalue weighted by Crippen LogP contribution is -2.31. The zero-order valence-corrected chi connectivity index (χ0v) is 28.6. The summed E-state index contributed by atoms with van der Waals surface area (Å²) in [5.41, 5.74) is 6.29. The second-order valence-corrected chi connectivity index (χ2v) is 14.5. The van der Waals surface area contributed by atoms with Crippen LogP contribution in [-0.2, 0) is 32.6 Å². The van der Waals surface area contributed by atoms with Crippen LogP contribution in [0.3, 0.4) is 0 Å². The predicted octanol–water partition coefficient (Wildman–Crippen LogP) is 6.64. The van der Waals surface area contributed by atoms with E-state index in [1.165, 1.54) is 11.8 Å². The molecular weight excluding hydrogens is 671 g/mol. The van der Waals surface area contributed by atoms with E-state index in [0.717, 1.165) is 39.1 Å². The highest BCUT2D eigenvalue weighted by molar-refractivity contribution is 7.99. The Bertz CT molecular complexity index is 2110. The zero-order valence-electron chi connectivity index (χ0n) is 26.9. The van der Waals surface area contributed by atoms with E-state index in [2.05, 4.69) is 20.2 Å². The summed E-state index contributed by atoms with van der Waals surface area (Å²) in [5.74, 6) is 0.600. The Morgan fingerprint density at radius 3 is 2.22 bits per heavy atom. The van der Waals surface area contributed by atoms with Crippen molar-refractivity contribution in [2.24, 2.45) is 0 Å². The molecule has 50 heavy (non-hydrogen) atoms. The fourth-order valence-electron chi connectivity index (χ4n) is 5.82. The van der Waals surface area contributed by atoms with Crippen LogP contribution in [0.4, 0.5) is 0 Å². The zero-order chi connectivity index (χ0) is 34.3. The first-order valence-corrected chi connectivity index (χ1v) is 18.6. The summed E-state index contributed by atoms with van der Waals surface area (Å²) in [4.78, 5) is 0.225. The molecule has 0 spiro atoms. The van der Waals surface area contributed by atoms with Crippen molar-refractivity contribution >= 4 is 21.8 Å². The number of para-hydroxylation sites is 1. The molecule has 0 saturated carbocycles. The number of hydrogen-bond acceptors (Lipinski definition) is 9. The molecule has 1 aromatic heterocycles. The Kier molecular flexibility index (Phi) is 10.5. The highest BCUT2D eigenvalue weighted by Crippen LogP contribution is 2.40. The number of thioether (sulfide) groups is 1. The van der Waals surface area contributed by atoms with Gasteiger partial charge in [0.05, 0.1) is 29.4 Å². The minimum Gasteiger partial charge on any atom is -0.392 e. The van der Waals surface area contributed by atoms with Gasteiger partial charge in [0, 0.05) is 24.3 Å². The van der Waals surface area contributed by atoms with E-state index in [1.54, 1.807) is 35.0 Å². The minimum atomic E-state index is -3.66. The summed E-state index contributed by atoms with van der Waals surface area (Å²) in [6, 6.07) is 41.6. The number of nitrogens with zero attached hydrogens (tertiary/aromatic N) is 4. The van der Waals surface area contributed by atoms with Crippen LogP contribution >= 0.6 is 11.8 Å². The number of rotatable bonds is 12. The van der Waals surface area contributed by atoms with E-state index >= 15 is 0 Å². The average molecular weight is 706 g/mol. The molecule has 6 aromatic rings. The third-order valence-electron chi connectivity index (χ3n) is 8.47. The van der Waals surface area contributed by atoms with Crippen molar-refractivity contribution in [3.63, 3.8) is 0 Å². The van der Waals surface area contributed by atoms with Gasteiger partial charge in [0.2, 0.25) is 15.2 Å². The van der Waals surface area contributed by atoms with Gasteiger partial charge in [0.15, 0.2) is 6.29 Å². The van der Waals surface area contributed by atoms with Crippen LogP contribution in [-0.4, -0.2) is 45.6 Å². The summed E-state index contributed by atoms with van der Waals surface area (Å²) >= 11 is 1.53. The molecule has 2 N–H and O–H groups in total. The Hall–Kier alpha value is -4.69. The van der Waals surface area contributed by atoms with E-state index in [-0.39, 0.29) is 30.3 Å². The molecule has 2 heterocycles. The van der Waals surface area contributed by atoms with Crippen molar-refractivity contribution in [1.29, 1.82) is 0 Å². The van der Waals surface area contributed by atoms with Crippen LogP contribution < -0.4 is 4.72 Å². The molecule has 12 heteroatoms. The smallest absolute Gasteiger partial charge is 0.240 e. The van der Waals surface area contributed by atoms with E-state index in [4.69, 9.17) is 9.47 Å². The van der Waals surface area contributed by atoms with Gasteiger partial charge in [-0.1, -0.05) is 121 Å². The monoisotopic (exact) mass is 705 g/mol. The van der Waals surface area contributed by atoms with Crippen molar-refractivity contribution in [3.8, 4) is 16.8 Å². The van der Waals surface area contributed by atoms with Gasteiger partial charge >= 0.3 is 0 Å². The van der Waals surface area contributed by atoms with Gasteiger partial charge in [-0.25, -0.2) is 13.1 Å². The second kappa shape index (κ2) is 15.5. The molecule has 1 saturated heterocycles. The minimum absolute atomic E-state index is 0.0265. The lowest BCUT2D eigenvalue weighted by Gasteiger charge is -2.36. The Balaban J connectivity index is 1.09. The normalized spacial score (nSPS) is 17.8. The SMILES string of the molecule is O=S(=O)(NCc1ccccc1-c1ccc([C@H]2O[C@@H](CSc3nnnn3-c3ccccc3)C[C@@H](c3ccc(CO)cc3)O2)cc1)c1ccccc1. The Morgan fingerprint density at radius 2 is 1.48 bits per heavy atom. The van der Waals surface area contributed by atoms with E-state index in [9.17, 15) is 13.5 Å². The van der Waals surface area contributed by atoms with E-state index < -0.39 is 16.3 Å². The Morgan fingerprint density at radius 1 is 0.800 bits per heavy atom. The van der Waals surface area contributed by atoms with Crippen LogP contribution in [0.2, 0.25) is 0 Å². The molecule has 254 valence electrons. The third-order valence-corrected chi connectivity index (χ3v) is 10.9. The summed E-state index contributed by atoms with van der Waals surface area (Å²) in [7, 11) is -3.66. The first-order valence-electron chi connectivity index (χ1n) is 16.2. The van der Waals surface area contributed by atoms with Gasteiger partial charge in [-0.2, -0.15) is 4.68 Å². The molecule has 0 aliphatic carbocycles. The molecule has 1 aliphatic heterocycles. The number of sulfonamides is 1. The molecule has 0 amide bonds. The van der Waals surface area contributed by atoms with Gasteiger partial charge < -0.3 is 14.6 Å². The molecule has 1 fully saturated rings. The van der Waals surface area contributed by atoms with Crippen LogP contribution in [0.1, 0.15) is 41.1 Å². The Labute approximate surface area is 295 Å². The van der Waals surface area contributed by atoms with Crippen LogP contribution in [0, 0.1) is 0 Å². The second-order valence-electron chi connectivity index (χ2n) is 11.8. The number of tetrazole rings is 1. The molecule has 0 radical (unpaired) electrons. The first-order chi connectivity index (χ1) is 24.5. The van der Waals surface area contributed by atoms with Crippen molar-refractivity contribution in [1.82, 2.24) is 24.9 Å². The highest BCUT2D eigenvalue weighted by Gasteiger charge is 2.33. The third kappa shape index (κ3) is 7.86. The average Bonchev–Trinajstić information content (AvgIpc) is 3.66. The maximum atomic E-state index is 12.9. The van der Waals surface area contributed by atoms with Crippen LogP contribution in [0.5, 0.6) is 0 Å². The summed E-state index contributed by atoms with van der Waals surface area (Å²) < 4.78 is 43.4. The van der Waals surface area contributed by atoms with Gasteiger partial charge in [-0.05, 0) is 62.5 Å². The predicted molar refractivity (Wildman–Crippen MR) is 191 cm³/mol. The van der Waals surface area contributed by atoms with E-state index in [1.807, 2.05) is 103 Å². The molecule has 10 nitrogen and oxygen atoms in total. The summed E-state index contributed by atoms with van der Waals surface area (Å²) in [5, 5.41) is 22.6. The lowest BCUT2D eigenvalue weighted by atomic mass is 9.98. The first kappa shape index (κ1) is 33.8. The largest absolute Gasteiger partial charge is 0.392 e. The number of ether oxygens (including phenoxy) is 2. The van der Waals surface area contributed by atoms with Gasteiger partial charge in [0.25, 0.3) is 0 Å². The number of nitrogens with one attached hydrogen (secondary N) is 1. The summed E-state index contributed by atoms with van der Waals surface area (Å²) in [6.45, 7) is 0.120. The number of hydrogen-bond donors (Lipinski definition) is 2. The number of benzene rings is 5. The van der Waals surface area contributed by atoms with Crippen LogP contribution in [0.25, 0.3) is 16.8 Å². The maximum Gasteiger partial charge on any atom is 0.240 e. The fraction of sp³-hybridized carbons (Fsp3) is 0.184. The van der Waals surface area contributed by atoms with Crippen molar-refractivity contribution in [2.45, 2.75) is 48.1 Å². The standard InChI is InChI=1S/C38H35N5O5S2/c44-25-27-15-17-29(18-16-27)36-23-33(26-49-38-40-41-42-43(38)32-10-3-1-4-11-32)47-37(48-36)30-21-19-28(20-22-30)35-14-8-7-9-31(35)24-39-50(45,46)34-12-5-2-6-13-34/h1-22,33,36-37,39,44H,23-26H2/t33-,36+,37+/m1/s1. The molecular formula is C38H35N5O5S2. The van der Waals surface area contributed by atoms with Crippen LogP contribution in [0.15, 0.2) is 144 Å². The van der Waals surface area contributed by atoms with Gasteiger partial charge in [-0.15, -0.1) is 5.10 Å². The maximum absolute atomic E-state index is 12.9. The van der Waals surface area contributed by atoms with E-state index in [0.29, 0.717) is 17.3 Å². The quantitative estimate of drug-likeness (QED) is 0.135. The van der Waals surface area contributed by atoms with Crippen molar-refractivity contribution in [3.05, 3.63) is 156 Å². The summed E-state index contributed by atoms with van der Waals surface area (Å²) in [6.07, 6.45) is -0.432. The lowest BCUT2D eigenvalue weighted by molar-refractivity contribution is -0.245. The fourth-order valence-corrected chi connectivity index (χ4v) is 7.76. The van der Waals surface area contributed by atoms with Gasteiger partial charge in [-0.3, -0.25) is 0 Å². The van der Waals surface area contributed by atoms with Crippen molar-refractivity contribution in [2.75, 3.05) is 5.75 Å². The molecule has 0 unspecified atom stereocenters. The molecule has 7 rings (SSSR count). The number of aliphatic hydroxyl groups excluding tert-OH is 1. The highest BCUT2D eigenvalue weighted by atomic mass is 32.2. The topological polar surface area (TPSA) is 128 Å². The molecule has 3 atom stereocenters. The number of aliphatic hydroxyl groups is 1. The molecule has 0 bridgehead atoms. The van der Waals surface area contributed by atoms with Crippen molar-refractivity contribution < 1.29 is 23.0 Å². The number of aromatic nitrogens is 4. The van der Waals surface area contributed by atoms with Gasteiger partial charge in [0.1, 0.15) is 0 Å². The molecule has 5 aromatic carbocycles.